The molecule has 0 spiro atoms. The second-order valence-corrected chi connectivity index (χ2v) is 4.80. The van der Waals surface area contributed by atoms with Gasteiger partial charge in [-0.05, 0) is 43.9 Å². The molecule has 17 heavy (non-hydrogen) atoms. The van der Waals surface area contributed by atoms with E-state index in [2.05, 4.69) is 58.7 Å². The number of isothiocyanates is 1. The highest BCUT2D eigenvalue weighted by Gasteiger charge is 2.33. The summed E-state index contributed by atoms with van der Waals surface area (Å²) >= 11 is 4.60. The SMILES string of the molecule is CN1CCNC[C@@]1(C)c1ccc(N=C=S)cc1. The minimum atomic E-state index is 0.0537. The molecule has 90 valence electrons. The molecule has 1 N–H and O–H groups in total. The predicted molar refractivity (Wildman–Crippen MR) is 74.0 cm³/mol. The van der Waals surface area contributed by atoms with Crippen molar-refractivity contribution in [3.8, 4) is 0 Å². The monoisotopic (exact) mass is 247 g/mol. The lowest BCUT2D eigenvalue weighted by Gasteiger charge is -2.43. The highest BCUT2D eigenvalue weighted by atomic mass is 32.1. The highest BCUT2D eigenvalue weighted by Crippen LogP contribution is 2.29. The fourth-order valence-corrected chi connectivity index (χ4v) is 2.34. The van der Waals surface area contributed by atoms with Gasteiger partial charge in [0.05, 0.1) is 16.4 Å². The zero-order chi connectivity index (χ0) is 12.3. The molecule has 0 radical (unpaired) electrons. The summed E-state index contributed by atoms with van der Waals surface area (Å²) in [5.74, 6) is 0. The first-order chi connectivity index (χ1) is 8.16. The van der Waals surface area contributed by atoms with Crippen molar-refractivity contribution in [3.05, 3.63) is 29.8 Å². The quantitative estimate of drug-likeness (QED) is 0.641. The van der Waals surface area contributed by atoms with E-state index >= 15 is 0 Å². The Labute approximate surface area is 108 Å². The van der Waals surface area contributed by atoms with Crippen LogP contribution in [0.2, 0.25) is 0 Å². The van der Waals surface area contributed by atoms with Crippen LogP contribution < -0.4 is 5.32 Å². The number of hydrogen-bond donors (Lipinski definition) is 1. The number of nitrogens with zero attached hydrogens (tertiary/aromatic N) is 2. The number of piperazine rings is 1. The summed E-state index contributed by atoms with van der Waals surface area (Å²) in [6.07, 6.45) is 0. The molecule has 0 aliphatic carbocycles. The Hall–Kier alpha value is -1.06. The molecule has 1 aromatic rings. The minimum Gasteiger partial charge on any atom is -0.313 e. The van der Waals surface area contributed by atoms with Gasteiger partial charge in [0.1, 0.15) is 0 Å². The van der Waals surface area contributed by atoms with Crippen LogP contribution in [0.5, 0.6) is 0 Å². The average Bonchev–Trinajstić information content (AvgIpc) is 2.34. The first kappa shape index (κ1) is 12.4. The van der Waals surface area contributed by atoms with Crippen molar-refractivity contribution in [2.24, 2.45) is 4.99 Å². The molecule has 0 amide bonds. The number of nitrogens with one attached hydrogen (secondary N) is 1. The lowest BCUT2D eigenvalue weighted by molar-refractivity contribution is 0.104. The van der Waals surface area contributed by atoms with Crippen molar-refractivity contribution in [3.63, 3.8) is 0 Å². The fraction of sp³-hybridized carbons (Fsp3) is 0.462. The van der Waals surface area contributed by atoms with E-state index in [4.69, 9.17) is 0 Å². The van der Waals surface area contributed by atoms with Crippen LogP contribution in [0.3, 0.4) is 0 Å². The zero-order valence-electron chi connectivity index (χ0n) is 10.2. The van der Waals surface area contributed by atoms with E-state index in [0.29, 0.717) is 0 Å². The number of benzene rings is 1. The third-order valence-electron chi connectivity index (χ3n) is 3.60. The molecular formula is C13H17N3S. The van der Waals surface area contributed by atoms with Gasteiger partial charge in [-0.1, -0.05) is 12.1 Å². The molecule has 1 aliphatic heterocycles. The van der Waals surface area contributed by atoms with E-state index in [9.17, 15) is 0 Å². The Morgan fingerprint density at radius 2 is 2.12 bits per heavy atom. The third-order valence-corrected chi connectivity index (χ3v) is 3.69. The van der Waals surface area contributed by atoms with Crippen LogP contribution in [0.15, 0.2) is 29.3 Å². The molecule has 1 saturated heterocycles. The van der Waals surface area contributed by atoms with Crippen LogP contribution >= 0.6 is 12.2 Å². The van der Waals surface area contributed by atoms with E-state index in [0.717, 1.165) is 25.3 Å². The lowest BCUT2D eigenvalue weighted by atomic mass is 9.88. The van der Waals surface area contributed by atoms with Crippen molar-refractivity contribution >= 4 is 23.1 Å². The highest BCUT2D eigenvalue weighted by molar-refractivity contribution is 7.78. The number of aliphatic imine (C=N–C) groups is 1. The van der Waals surface area contributed by atoms with Crippen LogP contribution in [0.4, 0.5) is 5.69 Å². The molecule has 0 aromatic heterocycles. The number of thiocarbonyl (C=S) groups is 1. The molecule has 1 fully saturated rings. The maximum atomic E-state index is 4.60. The van der Waals surface area contributed by atoms with Crippen LogP contribution in [0, 0.1) is 0 Å². The van der Waals surface area contributed by atoms with E-state index in [1.807, 2.05) is 12.1 Å². The topological polar surface area (TPSA) is 27.6 Å². The molecule has 2 rings (SSSR count). The largest absolute Gasteiger partial charge is 0.313 e. The van der Waals surface area contributed by atoms with Crippen molar-refractivity contribution in [1.29, 1.82) is 0 Å². The van der Waals surface area contributed by atoms with Gasteiger partial charge in [0, 0.05) is 19.6 Å². The average molecular weight is 247 g/mol. The maximum Gasteiger partial charge on any atom is 0.0739 e. The lowest BCUT2D eigenvalue weighted by Crippen LogP contribution is -2.55. The standard InChI is InChI=1S/C13H17N3S/c1-13(9-14-7-8-16(13)2)11-3-5-12(6-4-11)15-10-17/h3-6,14H,7-9H2,1-2H3/t13-/m0/s1. The molecule has 1 atom stereocenters. The van der Waals surface area contributed by atoms with Crippen LogP contribution in [-0.4, -0.2) is 36.7 Å². The van der Waals surface area contributed by atoms with Gasteiger partial charge in [-0.2, -0.15) is 4.99 Å². The molecule has 3 nitrogen and oxygen atoms in total. The zero-order valence-corrected chi connectivity index (χ0v) is 11.0. The van der Waals surface area contributed by atoms with Crippen molar-refractivity contribution in [1.82, 2.24) is 10.2 Å². The van der Waals surface area contributed by atoms with Gasteiger partial charge in [0.2, 0.25) is 0 Å². The second-order valence-electron chi connectivity index (χ2n) is 4.62. The third kappa shape index (κ3) is 2.45. The molecule has 1 aromatic carbocycles. The van der Waals surface area contributed by atoms with Gasteiger partial charge < -0.3 is 5.32 Å². The molecule has 4 heteroatoms. The summed E-state index contributed by atoms with van der Waals surface area (Å²) in [6.45, 7) is 5.35. The molecule has 1 aliphatic rings. The smallest absolute Gasteiger partial charge is 0.0739 e. The van der Waals surface area contributed by atoms with E-state index < -0.39 is 0 Å². The summed E-state index contributed by atoms with van der Waals surface area (Å²) in [5.41, 5.74) is 2.22. The summed E-state index contributed by atoms with van der Waals surface area (Å²) in [5, 5.41) is 5.84. The van der Waals surface area contributed by atoms with Gasteiger partial charge in [0.25, 0.3) is 0 Å². The summed E-state index contributed by atoms with van der Waals surface area (Å²) in [7, 11) is 2.17. The van der Waals surface area contributed by atoms with Crippen LogP contribution in [0.1, 0.15) is 12.5 Å². The number of likely N-dealkylation sites (N-methyl/N-ethyl adjacent to an activating group) is 1. The summed E-state index contributed by atoms with van der Waals surface area (Å²) in [6, 6.07) is 8.22. The van der Waals surface area contributed by atoms with Crippen LogP contribution in [-0.2, 0) is 5.54 Å². The van der Waals surface area contributed by atoms with Gasteiger partial charge in [-0.15, -0.1) is 0 Å². The Bertz CT molecular complexity index is 436. The summed E-state index contributed by atoms with van der Waals surface area (Å²) < 4.78 is 0. The molecular weight excluding hydrogens is 230 g/mol. The van der Waals surface area contributed by atoms with Crippen molar-refractivity contribution < 1.29 is 0 Å². The second kappa shape index (κ2) is 5.07. The first-order valence-corrected chi connectivity index (χ1v) is 6.18. The molecule has 0 unspecified atom stereocenters. The van der Waals surface area contributed by atoms with E-state index in [1.54, 1.807) is 0 Å². The Kier molecular flexibility index (Phi) is 3.69. The molecule has 0 bridgehead atoms. The van der Waals surface area contributed by atoms with Gasteiger partial charge in [0.15, 0.2) is 0 Å². The van der Waals surface area contributed by atoms with Crippen molar-refractivity contribution in [2.45, 2.75) is 12.5 Å². The minimum absolute atomic E-state index is 0.0537. The first-order valence-electron chi connectivity index (χ1n) is 5.77. The number of hydrogen-bond acceptors (Lipinski definition) is 4. The van der Waals surface area contributed by atoms with Gasteiger partial charge in [-0.3, -0.25) is 4.90 Å². The Balaban J connectivity index is 2.29. The van der Waals surface area contributed by atoms with Crippen molar-refractivity contribution in [2.75, 3.05) is 26.7 Å². The van der Waals surface area contributed by atoms with Crippen LogP contribution in [0.25, 0.3) is 0 Å². The van der Waals surface area contributed by atoms with E-state index in [1.165, 1.54) is 5.56 Å². The number of rotatable bonds is 2. The Morgan fingerprint density at radius 1 is 1.41 bits per heavy atom. The molecule has 1 heterocycles. The molecule has 0 saturated carbocycles. The fourth-order valence-electron chi connectivity index (χ4n) is 2.23. The van der Waals surface area contributed by atoms with E-state index in [-0.39, 0.29) is 5.54 Å². The van der Waals surface area contributed by atoms with Gasteiger partial charge in [-0.25, -0.2) is 0 Å². The van der Waals surface area contributed by atoms with Gasteiger partial charge >= 0.3 is 0 Å². The Morgan fingerprint density at radius 3 is 2.71 bits per heavy atom. The normalized spacial score (nSPS) is 25.3. The maximum absolute atomic E-state index is 4.60. The summed E-state index contributed by atoms with van der Waals surface area (Å²) in [4.78, 5) is 6.36. The predicted octanol–water partition coefficient (Wildman–Crippen LogP) is 2.17.